The number of nitrogens with one attached hydrogen (secondary N) is 3. The molecule has 2 aromatic rings. The van der Waals surface area contributed by atoms with Crippen molar-refractivity contribution in [2.45, 2.75) is 26.3 Å². The van der Waals surface area contributed by atoms with E-state index in [1.807, 2.05) is 32.9 Å². The van der Waals surface area contributed by atoms with Crippen LogP contribution in [0.4, 0.5) is 5.69 Å². The van der Waals surface area contributed by atoms with E-state index in [0.29, 0.717) is 16.8 Å². The number of carbonyl (C=O) groups excluding carboxylic acids is 2. The highest BCUT2D eigenvalue weighted by Gasteiger charge is 2.16. The van der Waals surface area contributed by atoms with Gasteiger partial charge in [-0.05, 0) is 85.9 Å². The van der Waals surface area contributed by atoms with Gasteiger partial charge in [0, 0.05) is 20.4 Å². The molecule has 0 saturated heterocycles. The molecule has 0 aliphatic carbocycles. The molecule has 26 heavy (non-hydrogen) atoms. The Kier molecular flexibility index (Phi) is 6.71. The lowest BCUT2D eigenvalue weighted by Crippen LogP contribution is -2.40. The van der Waals surface area contributed by atoms with Gasteiger partial charge in [-0.1, -0.05) is 18.2 Å². The minimum atomic E-state index is -0.323. The smallest absolute Gasteiger partial charge is 0.258 e. The summed E-state index contributed by atoms with van der Waals surface area (Å²) in [7, 11) is 0. The second-order valence-electron chi connectivity index (χ2n) is 6.67. The van der Waals surface area contributed by atoms with Gasteiger partial charge in [0.15, 0.2) is 5.11 Å². The average Bonchev–Trinajstić information content (AvgIpc) is 2.53. The fraction of sp³-hybridized carbons (Fsp3) is 0.211. The van der Waals surface area contributed by atoms with Gasteiger partial charge in [-0.3, -0.25) is 14.9 Å². The van der Waals surface area contributed by atoms with Gasteiger partial charge >= 0.3 is 0 Å². The largest absolute Gasteiger partial charge is 0.347 e. The molecule has 0 unspecified atom stereocenters. The minimum absolute atomic E-state index is 0.169. The predicted molar refractivity (Wildman–Crippen MR) is 117 cm³/mol. The molecule has 0 radical (unpaired) electrons. The molecule has 0 heterocycles. The summed E-state index contributed by atoms with van der Waals surface area (Å²) in [6, 6.07) is 14.2. The lowest BCUT2D eigenvalue weighted by Gasteiger charge is -2.20. The van der Waals surface area contributed by atoms with Crippen LogP contribution in [-0.2, 0) is 0 Å². The number of carbonyl (C=O) groups is 2. The van der Waals surface area contributed by atoms with Gasteiger partial charge in [-0.15, -0.1) is 0 Å². The third-order valence-corrected chi connectivity index (χ3v) is 4.36. The molecule has 0 aliphatic rings. The van der Waals surface area contributed by atoms with E-state index in [-0.39, 0.29) is 22.5 Å². The first-order chi connectivity index (χ1) is 12.2. The highest BCUT2D eigenvalue weighted by atomic mass is 127. The van der Waals surface area contributed by atoms with Crippen molar-refractivity contribution in [3.63, 3.8) is 0 Å². The van der Waals surface area contributed by atoms with Crippen LogP contribution in [0.1, 0.15) is 41.5 Å². The normalized spacial score (nSPS) is 10.8. The van der Waals surface area contributed by atoms with Crippen LogP contribution < -0.4 is 16.0 Å². The molecule has 3 N–H and O–H groups in total. The first-order valence-corrected chi connectivity index (χ1v) is 9.44. The molecule has 5 nitrogen and oxygen atoms in total. The number of benzene rings is 2. The van der Waals surface area contributed by atoms with Crippen molar-refractivity contribution in [2.75, 3.05) is 5.32 Å². The predicted octanol–water partition coefficient (Wildman–Crippen LogP) is 3.95. The molecule has 0 saturated carbocycles. The summed E-state index contributed by atoms with van der Waals surface area (Å²) in [5.74, 6) is -0.455. The van der Waals surface area contributed by atoms with E-state index in [4.69, 9.17) is 12.2 Å². The summed E-state index contributed by atoms with van der Waals surface area (Å²) in [5, 5.41) is 8.66. The Morgan fingerprint density at radius 3 is 2.35 bits per heavy atom. The quantitative estimate of drug-likeness (QED) is 0.459. The topological polar surface area (TPSA) is 70.2 Å². The molecule has 2 amide bonds. The van der Waals surface area contributed by atoms with E-state index in [1.165, 1.54) is 0 Å². The number of thiocarbonyl (C=S) groups is 1. The Balaban J connectivity index is 2.03. The summed E-state index contributed by atoms with van der Waals surface area (Å²) in [6.45, 7) is 5.76. The van der Waals surface area contributed by atoms with Crippen LogP contribution in [0.2, 0.25) is 0 Å². The number of rotatable bonds is 3. The van der Waals surface area contributed by atoms with E-state index in [9.17, 15) is 9.59 Å². The molecule has 0 spiro atoms. The molecule has 136 valence electrons. The van der Waals surface area contributed by atoms with E-state index >= 15 is 0 Å². The van der Waals surface area contributed by atoms with Crippen LogP contribution in [0.5, 0.6) is 0 Å². The maximum absolute atomic E-state index is 12.3. The van der Waals surface area contributed by atoms with Crippen molar-refractivity contribution < 1.29 is 9.59 Å². The van der Waals surface area contributed by atoms with Crippen LogP contribution in [0, 0.1) is 3.57 Å². The van der Waals surface area contributed by atoms with E-state index in [0.717, 1.165) is 3.57 Å². The Hall–Kier alpha value is -2.00. The molecule has 0 fully saturated rings. The zero-order valence-corrected chi connectivity index (χ0v) is 17.7. The third kappa shape index (κ3) is 6.06. The summed E-state index contributed by atoms with van der Waals surface area (Å²) in [5.41, 5.74) is 1.36. The van der Waals surface area contributed by atoms with Crippen molar-refractivity contribution in [3.05, 3.63) is 63.2 Å². The van der Waals surface area contributed by atoms with Crippen LogP contribution in [0.25, 0.3) is 0 Å². The zero-order chi connectivity index (χ0) is 19.3. The monoisotopic (exact) mass is 481 g/mol. The van der Waals surface area contributed by atoms with Gasteiger partial charge in [0.2, 0.25) is 0 Å². The average molecular weight is 481 g/mol. The van der Waals surface area contributed by atoms with Crippen molar-refractivity contribution in [1.82, 2.24) is 10.6 Å². The summed E-state index contributed by atoms with van der Waals surface area (Å²) >= 11 is 7.31. The van der Waals surface area contributed by atoms with Crippen LogP contribution in [0.15, 0.2) is 48.5 Å². The maximum atomic E-state index is 12.3. The zero-order valence-electron chi connectivity index (χ0n) is 14.7. The SMILES string of the molecule is CC(C)(C)NC(=O)c1cccc(NC(=S)NC(=O)c2ccccc2I)c1. The van der Waals surface area contributed by atoms with Gasteiger partial charge in [0.25, 0.3) is 11.8 Å². The van der Waals surface area contributed by atoms with E-state index in [2.05, 4.69) is 38.5 Å². The Labute approximate surface area is 172 Å². The van der Waals surface area contributed by atoms with Gasteiger partial charge in [0.1, 0.15) is 0 Å². The number of halogens is 1. The molecule has 0 aliphatic heterocycles. The molecule has 2 rings (SSSR count). The second-order valence-corrected chi connectivity index (χ2v) is 8.24. The summed E-state index contributed by atoms with van der Waals surface area (Å²) in [6.07, 6.45) is 0. The third-order valence-electron chi connectivity index (χ3n) is 3.22. The number of hydrogen-bond acceptors (Lipinski definition) is 3. The Bertz CT molecular complexity index is 847. The highest BCUT2D eigenvalue weighted by Crippen LogP contribution is 2.13. The first kappa shape index (κ1) is 20.3. The molecule has 0 bridgehead atoms. The first-order valence-electron chi connectivity index (χ1n) is 7.95. The summed E-state index contributed by atoms with van der Waals surface area (Å²) in [4.78, 5) is 24.5. The van der Waals surface area contributed by atoms with Crippen LogP contribution in [0.3, 0.4) is 0 Å². The number of anilines is 1. The maximum Gasteiger partial charge on any atom is 0.258 e. The molecule has 0 aromatic heterocycles. The highest BCUT2D eigenvalue weighted by molar-refractivity contribution is 14.1. The van der Waals surface area contributed by atoms with Crippen molar-refractivity contribution >= 4 is 57.4 Å². The fourth-order valence-corrected chi connectivity index (χ4v) is 2.97. The van der Waals surface area contributed by atoms with Crippen LogP contribution >= 0.6 is 34.8 Å². The Morgan fingerprint density at radius 2 is 1.69 bits per heavy atom. The fourth-order valence-electron chi connectivity index (χ4n) is 2.13. The van der Waals surface area contributed by atoms with E-state index in [1.54, 1.807) is 36.4 Å². The van der Waals surface area contributed by atoms with Crippen molar-refractivity contribution in [1.29, 1.82) is 0 Å². The van der Waals surface area contributed by atoms with Crippen molar-refractivity contribution in [2.24, 2.45) is 0 Å². The van der Waals surface area contributed by atoms with Gasteiger partial charge in [-0.25, -0.2) is 0 Å². The standard InChI is InChI=1S/C19H20IN3O2S/c1-19(2,3)23-16(24)12-7-6-8-13(11-12)21-18(26)22-17(25)14-9-4-5-10-15(14)20/h4-11H,1-3H3,(H,23,24)(H2,21,22,25,26). The van der Waals surface area contributed by atoms with Gasteiger partial charge < -0.3 is 10.6 Å². The molecular formula is C19H20IN3O2S. The van der Waals surface area contributed by atoms with Gasteiger partial charge in [-0.2, -0.15) is 0 Å². The number of hydrogen-bond donors (Lipinski definition) is 3. The molecular weight excluding hydrogens is 461 g/mol. The van der Waals surface area contributed by atoms with E-state index < -0.39 is 0 Å². The lowest BCUT2D eigenvalue weighted by molar-refractivity contribution is 0.0918. The van der Waals surface area contributed by atoms with Crippen LogP contribution in [-0.4, -0.2) is 22.5 Å². The lowest BCUT2D eigenvalue weighted by atomic mass is 10.1. The number of amides is 2. The Morgan fingerprint density at radius 1 is 1.00 bits per heavy atom. The minimum Gasteiger partial charge on any atom is -0.347 e. The molecule has 0 atom stereocenters. The summed E-state index contributed by atoms with van der Waals surface area (Å²) < 4.78 is 0.839. The second kappa shape index (κ2) is 8.59. The molecule has 2 aromatic carbocycles. The van der Waals surface area contributed by atoms with Gasteiger partial charge in [0.05, 0.1) is 5.56 Å². The molecule has 7 heteroatoms. The van der Waals surface area contributed by atoms with Crippen molar-refractivity contribution in [3.8, 4) is 0 Å².